The van der Waals surface area contributed by atoms with Gasteiger partial charge in [0.25, 0.3) is 5.91 Å². The molecule has 3 aromatic rings. The van der Waals surface area contributed by atoms with Gasteiger partial charge in [0.15, 0.2) is 0 Å². The van der Waals surface area contributed by atoms with Gasteiger partial charge in [-0.15, -0.1) is 0 Å². The lowest BCUT2D eigenvalue weighted by Crippen LogP contribution is -2.23. The largest absolute Gasteiger partial charge is 0.375 e. The molecule has 4 rings (SSSR count). The Balaban J connectivity index is 1.45. The maximum absolute atomic E-state index is 14.0. The van der Waals surface area contributed by atoms with Crippen LogP contribution in [0.15, 0.2) is 47.1 Å². The van der Waals surface area contributed by atoms with Gasteiger partial charge in [0, 0.05) is 31.0 Å². The molecule has 8 nitrogen and oxygen atoms in total. The summed E-state index contributed by atoms with van der Waals surface area (Å²) in [6.07, 6.45) is 3.43. The highest BCUT2D eigenvalue weighted by molar-refractivity contribution is 5.90. The van der Waals surface area contributed by atoms with Crippen molar-refractivity contribution in [3.8, 4) is 11.4 Å². The average Bonchev–Trinajstić information content (AvgIpc) is 3.40. The van der Waals surface area contributed by atoms with Crippen LogP contribution >= 0.6 is 0 Å². The van der Waals surface area contributed by atoms with E-state index < -0.39 is 0 Å². The normalized spacial score (nSPS) is 16.7. The van der Waals surface area contributed by atoms with E-state index in [0.717, 1.165) is 19.4 Å². The first-order valence-electron chi connectivity index (χ1n) is 9.70. The highest BCUT2D eigenvalue weighted by Crippen LogP contribution is 2.33. The van der Waals surface area contributed by atoms with Crippen LogP contribution in [0.5, 0.6) is 0 Å². The lowest BCUT2D eigenvalue weighted by atomic mass is 10.1. The lowest BCUT2D eigenvalue weighted by molar-refractivity contribution is -0.119. The Kier molecular flexibility index (Phi) is 6.10. The van der Waals surface area contributed by atoms with Gasteiger partial charge < -0.3 is 14.6 Å². The Hall–Kier alpha value is -3.17. The summed E-state index contributed by atoms with van der Waals surface area (Å²) in [6, 6.07) is 10.2. The first-order valence-corrected chi connectivity index (χ1v) is 9.70. The molecule has 0 spiro atoms. The molecule has 1 aliphatic rings. The molecule has 1 N–H and O–H groups in total. The van der Waals surface area contributed by atoms with Crippen molar-refractivity contribution in [1.82, 2.24) is 20.0 Å². The molecule has 30 heavy (non-hydrogen) atoms. The molecule has 1 atom stereocenters. The monoisotopic (exact) mass is 411 g/mol. The molecule has 0 aliphatic carbocycles. The van der Waals surface area contributed by atoms with Gasteiger partial charge in [0.1, 0.15) is 18.2 Å². The van der Waals surface area contributed by atoms with Crippen LogP contribution in [0.2, 0.25) is 0 Å². The van der Waals surface area contributed by atoms with E-state index >= 15 is 0 Å². The van der Waals surface area contributed by atoms with Crippen molar-refractivity contribution in [2.75, 3.05) is 25.6 Å². The standard InChI is InChI=1S/C21H22FN5O3/c1-29-13-19(28)24-18-9-8-14(11-23-18)20-25-21(30-26-20)17-7-4-10-27(17)12-15-5-2-3-6-16(15)22/h2-3,5-6,8-9,11,17H,4,7,10,12-13H2,1H3,(H,23,24,28)/t17-/m0/s1. The number of nitrogens with one attached hydrogen (secondary N) is 1. The molecule has 1 aliphatic heterocycles. The molecular formula is C21H22FN5O3. The fourth-order valence-corrected chi connectivity index (χ4v) is 3.54. The van der Waals surface area contributed by atoms with Crippen molar-refractivity contribution in [3.63, 3.8) is 0 Å². The van der Waals surface area contributed by atoms with Crippen LogP contribution in [0.3, 0.4) is 0 Å². The van der Waals surface area contributed by atoms with Gasteiger partial charge in [-0.2, -0.15) is 4.98 Å². The fourth-order valence-electron chi connectivity index (χ4n) is 3.54. The maximum atomic E-state index is 14.0. The van der Waals surface area contributed by atoms with Gasteiger partial charge in [0.2, 0.25) is 11.7 Å². The van der Waals surface area contributed by atoms with Crippen LogP contribution in [0, 0.1) is 5.82 Å². The zero-order valence-electron chi connectivity index (χ0n) is 16.5. The van der Waals surface area contributed by atoms with Crippen molar-refractivity contribution in [2.45, 2.75) is 25.4 Å². The van der Waals surface area contributed by atoms with Crippen molar-refractivity contribution >= 4 is 11.7 Å². The third-order valence-electron chi connectivity index (χ3n) is 4.99. The second-order valence-corrected chi connectivity index (χ2v) is 7.09. The van der Waals surface area contributed by atoms with E-state index in [1.165, 1.54) is 13.2 Å². The lowest BCUT2D eigenvalue weighted by Gasteiger charge is -2.21. The van der Waals surface area contributed by atoms with Gasteiger partial charge in [-0.3, -0.25) is 9.69 Å². The van der Waals surface area contributed by atoms with Gasteiger partial charge in [-0.1, -0.05) is 23.4 Å². The molecule has 156 valence electrons. The second-order valence-electron chi connectivity index (χ2n) is 7.09. The molecular weight excluding hydrogens is 389 g/mol. The quantitative estimate of drug-likeness (QED) is 0.638. The Morgan fingerprint density at radius 3 is 2.97 bits per heavy atom. The Morgan fingerprint density at radius 2 is 2.20 bits per heavy atom. The number of hydrogen-bond donors (Lipinski definition) is 1. The minimum Gasteiger partial charge on any atom is -0.375 e. The number of benzene rings is 1. The fraction of sp³-hybridized carbons (Fsp3) is 0.333. The molecule has 3 heterocycles. The highest BCUT2D eigenvalue weighted by Gasteiger charge is 2.31. The Bertz CT molecular complexity index is 1010. The summed E-state index contributed by atoms with van der Waals surface area (Å²) in [5.74, 6) is 0.853. The Morgan fingerprint density at radius 1 is 1.33 bits per heavy atom. The number of aromatic nitrogens is 3. The summed E-state index contributed by atoms with van der Waals surface area (Å²) in [4.78, 5) is 22.5. The second kappa shape index (κ2) is 9.10. The third-order valence-corrected chi connectivity index (χ3v) is 4.99. The zero-order chi connectivity index (χ0) is 20.9. The topological polar surface area (TPSA) is 93.4 Å². The number of ether oxygens (including phenoxy) is 1. The van der Waals surface area contributed by atoms with Crippen molar-refractivity contribution < 1.29 is 18.4 Å². The van der Waals surface area contributed by atoms with E-state index in [1.807, 2.05) is 6.07 Å². The molecule has 0 saturated carbocycles. The molecule has 1 saturated heterocycles. The van der Waals surface area contributed by atoms with Crippen LogP contribution in [-0.2, 0) is 16.1 Å². The van der Waals surface area contributed by atoms with Crippen molar-refractivity contribution in [2.24, 2.45) is 0 Å². The summed E-state index contributed by atoms with van der Waals surface area (Å²) < 4.78 is 24.3. The summed E-state index contributed by atoms with van der Waals surface area (Å²) >= 11 is 0. The molecule has 9 heteroatoms. The molecule has 1 fully saturated rings. The van der Waals surface area contributed by atoms with Gasteiger partial charge in [0.05, 0.1) is 6.04 Å². The van der Waals surface area contributed by atoms with E-state index in [0.29, 0.717) is 35.2 Å². The minimum absolute atomic E-state index is 0.0393. The van der Waals surface area contributed by atoms with Crippen LogP contribution in [0.1, 0.15) is 30.3 Å². The number of halogens is 1. The van der Waals surface area contributed by atoms with Gasteiger partial charge in [-0.25, -0.2) is 9.37 Å². The number of amides is 1. The van der Waals surface area contributed by atoms with E-state index in [2.05, 4.69) is 25.3 Å². The number of methoxy groups -OCH3 is 1. The molecule has 1 aromatic carbocycles. The number of hydrogen-bond acceptors (Lipinski definition) is 7. The van der Waals surface area contributed by atoms with E-state index in [-0.39, 0.29) is 24.4 Å². The molecule has 0 radical (unpaired) electrons. The van der Waals surface area contributed by atoms with E-state index in [9.17, 15) is 9.18 Å². The summed E-state index contributed by atoms with van der Waals surface area (Å²) in [6.45, 7) is 1.29. The van der Waals surface area contributed by atoms with Gasteiger partial charge >= 0.3 is 0 Å². The molecule has 0 unspecified atom stereocenters. The van der Waals surface area contributed by atoms with Crippen molar-refractivity contribution in [1.29, 1.82) is 0 Å². The smallest absolute Gasteiger partial charge is 0.251 e. The number of anilines is 1. The predicted molar refractivity (Wildman–Crippen MR) is 107 cm³/mol. The van der Waals surface area contributed by atoms with E-state index in [4.69, 9.17) is 9.26 Å². The molecule has 1 amide bonds. The Labute approximate surface area is 173 Å². The number of carbonyl (C=O) groups is 1. The zero-order valence-corrected chi connectivity index (χ0v) is 16.5. The van der Waals surface area contributed by atoms with Gasteiger partial charge in [-0.05, 0) is 37.6 Å². The number of nitrogens with zero attached hydrogens (tertiary/aromatic N) is 4. The molecule has 2 aromatic heterocycles. The maximum Gasteiger partial charge on any atom is 0.251 e. The van der Waals surface area contributed by atoms with Crippen LogP contribution in [0.4, 0.5) is 10.2 Å². The summed E-state index contributed by atoms with van der Waals surface area (Å²) in [7, 11) is 1.45. The third kappa shape index (κ3) is 4.52. The van der Waals surface area contributed by atoms with E-state index in [1.54, 1.807) is 30.5 Å². The molecule has 0 bridgehead atoms. The first-order chi connectivity index (χ1) is 14.6. The summed E-state index contributed by atoms with van der Waals surface area (Å²) in [5.41, 5.74) is 1.33. The minimum atomic E-state index is -0.282. The number of likely N-dealkylation sites (tertiary alicyclic amines) is 1. The van der Waals surface area contributed by atoms with Crippen LogP contribution in [-0.4, -0.2) is 46.2 Å². The predicted octanol–water partition coefficient (Wildman–Crippen LogP) is 3.19. The van der Waals surface area contributed by atoms with Crippen LogP contribution in [0.25, 0.3) is 11.4 Å². The SMILES string of the molecule is COCC(=O)Nc1ccc(-c2noc([C@@H]3CCCN3Cc3ccccc3F)n2)cn1. The number of carbonyl (C=O) groups excluding carboxylic acids is 1. The average molecular weight is 411 g/mol. The van der Waals surface area contributed by atoms with Crippen LogP contribution < -0.4 is 5.32 Å². The first kappa shape index (κ1) is 20.1. The number of rotatable bonds is 7. The van der Waals surface area contributed by atoms with Crippen molar-refractivity contribution in [3.05, 3.63) is 59.9 Å². The highest BCUT2D eigenvalue weighted by atomic mass is 19.1. The number of pyridine rings is 1. The summed E-state index contributed by atoms with van der Waals surface area (Å²) in [5, 5.41) is 6.70.